The predicted molar refractivity (Wildman–Crippen MR) is 76.0 cm³/mol. The minimum absolute atomic E-state index is 0.156. The zero-order chi connectivity index (χ0) is 15.3. The van der Waals surface area contributed by atoms with Gasteiger partial charge in [0.15, 0.2) is 6.04 Å². The van der Waals surface area contributed by atoms with Gasteiger partial charge in [-0.1, -0.05) is 11.6 Å². The van der Waals surface area contributed by atoms with Gasteiger partial charge in [0.05, 0.1) is 19.4 Å². The van der Waals surface area contributed by atoms with Crippen molar-refractivity contribution < 1.29 is 19.1 Å². The van der Waals surface area contributed by atoms with E-state index < -0.39 is 17.9 Å². The van der Waals surface area contributed by atoms with Crippen LogP contribution in [-0.2, 0) is 14.3 Å². The number of anilines is 1. The summed E-state index contributed by atoms with van der Waals surface area (Å²) in [5, 5.41) is 3.03. The highest BCUT2D eigenvalue weighted by atomic mass is 35.5. The third-order valence-electron chi connectivity index (χ3n) is 2.56. The number of rotatable bonds is 5. The highest BCUT2D eigenvalue weighted by Crippen LogP contribution is 2.30. The molecule has 0 bridgehead atoms. The van der Waals surface area contributed by atoms with Crippen molar-refractivity contribution >= 4 is 29.2 Å². The Bertz CT molecular complexity index is 519. The van der Waals surface area contributed by atoms with Crippen molar-refractivity contribution in [1.29, 1.82) is 0 Å². The normalized spacial score (nSPS) is 11.7. The first-order valence-corrected chi connectivity index (χ1v) is 6.35. The number of methoxy groups -OCH3 is 1. The summed E-state index contributed by atoms with van der Waals surface area (Å²) < 4.78 is 9.80. The molecule has 0 radical (unpaired) electrons. The second kappa shape index (κ2) is 7.12. The molecular formula is C13H17ClN2O4. The Morgan fingerprint density at radius 2 is 2.10 bits per heavy atom. The number of hydrogen-bond acceptors (Lipinski definition) is 5. The van der Waals surface area contributed by atoms with Crippen LogP contribution in [0.3, 0.4) is 0 Å². The molecule has 0 aliphatic rings. The summed E-state index contributed by atoms with van der Waals surface area (Å²) in [6.45, 7) is 3.57. The highest BCUT2D eigenvalue weighted by Gasteiger charge is 2.24. The van der Waals surface area contributed by atoms with Gasteiger partial charge in [0.25, 0.3) is 5.91 Å². The van der Waals surface area contributed by atoms with Crippen molar-refractivity contribution in [2.24, 2.45) is 5.73 Å². The number of amides is 1. The fourth-order valence-corrected chi connectivity index (χ4v) is 1.63. The van der Waals surface area contributed by atoms with Crippen LogP contribution in [0.2, 0.25) is 5.02 Å². The molecule has 110 valence electrons. The van der Waals surface area contributed by atoms with Crippen LogP contribution in [0.1, 0.15) is 12.5 Å². The molecule has 1 aromatic rings. The van der Waals surface area contributed by atoms with Gasteiger partial charge in [-0.15, -0.1) is 0 Å². The third kappa shape index (κ3) is 3.85. The number of esters is 1. The van der Waals surface area contributed by atoms with Crippen LogP contribution in [0.25, 0.3) is 0 Å². The van der Waals surface area contributed by atoms with E-state index in [-0.39, 0.29) is 6.61 Å². The molecule has 7 heteroatoms. The number of hydrogen-bond donors (Lipinski definition) is 2. The monoisotopic (exact) mass is 300 g/mol. The molecule has 0 fully saturated rings. The first kappa shape index (κ1) is 16.3. The van der Waals surface area contributed by atoms with Gasteiger partial charge in [0.1, 0.15) is 5.75 Å². The first-order valence-electron chi connectivity index (χ1n) is 5.97. The molecule has 0 aliphatic carbocycles. The van der Waals surface area contributed by atoms with Gasteiger partial charge in [0, 0.05) is 11.1 Å². The molecule has 6 nitrogen and oxygen atoms in total. The Kier molecular flexibility index (Phi) is 5.79. The topological polar surface area (TPSA) is 90.7 Å². The molecule has 0 saturated heterocycles. The van der Waals surface area contributed by atoms with Crippen LogP contribution in [-0.4, -0.2) is 31.6 Å². The van der Waals surface area contributed by atoms with Gasteiger partial charge in [-0.2, -0.15) is 0 Å². The van der Waals surface area contributed by atoms with Crippen molar-refractivity contribution in [3.05, 3.63) is 22.7 Å². The molecule has 1 aromatic carbocycles. The van der Waals surface area contributed by atoms with E-state index in [4.69, 9.17) is 22.1 Å². The number of benzene rings is 1. The standard InChI is InChI=1S/C13H17ClN2O4/c1-4-20-13(18)11(15)12(17)16-9-5-7(2)8(14)6-10(9)19-3/h5-6,11H,4,15H2,1-3H3,(H,16,17). The molecule has 0 saturated carbocycles. The lowest BCUT2D eigenvalue weighted by Gasteiger charge is -2.14. The summed E-state index contributed by atoms with van der Waals surface area (Å²) in [5.41, 5.74) is 6.65. The molecule has 0 aliphatic heterocycles. The number of nitrogens with two attached hydrogens (primary N) is 1. The number of ether oxygens (including phenoxy) is 2. The number of aryl methyl sites for hydroxylation is 1. The Labute approximate surface area is 122 Å². The molecule has 1 amide bonds. The highest BCUT2D eigenvalue weighted by molar-refractivity contribution is 6.31. The Hall–Kier alpha value is -1.79. The Morgan fingerprint density at radius 3 is 2.65 bits per heavy atom. The number of halogens is 1. The maximum Gasteiger partial charge on any atom is 0.332 e. The van der Waals surface area contributed by atoms with E-state index >= 15 is 0 Å². The van der Waals surface area contributed by atoms with Gasteiger partial charge < -0.3 is 20.5 Å². The average Bonchev–Trinajstić information content (AvgIpc) is 2.41. The molecule has 0 spiro atoms. The molecule has 0 aromatic heterocycles. The van der Waals surface area contributed by atoms with Crippen molar-refractivity contribution in [2.45, 2.75) is 19.9 Å². The van der Waals surface area contributed by atoms with Crippen molar-refractivity contribution in [1.82, 2.24) is 0 Å². The summed E-state index contributed by atoms with van der Waals surface area (Å²) in [7, 11) is 1.45. The largest absolute Gasteiger partial charge is 0.495 e. The van der Waals surface area contributed by atoms with Crippen LogP contribution in [0.5, 0.6) is 5.75 Å². The van der Waals surface area contributed by atoms with E-state index in [2.05, 4.69) is 10.1 Å². The van der Waals surface area contributed by atoms with Crippen LogP contribution < -0.4 is 15.8 Å². The summed E-state index contributed by atoms with van der Waals surface area (Å²) >= 11 is 5.96. The van der Waals surface area contributed by atoms with Gasteiger partial charge in [-0.25, -0.2) is 4.79 Å². The lowest BCUT2D eigenvalue weighted by Crippen LogP contribution is -2.43. The molecule has 0 heterocycles. The van der Waals surface area contributed by atoms with E-state index in [1.807, 2.05) is 0 Å². The van der Waals surface area contributed by atoms with Gasteiger partial charge in [0.2, 0.25) is 0 Å². The number of carbonyl (C=O) groups is 2. The van der Waals surface area contributed by atoms with Crippen LogP contribution in [0.15, 0.2) is 12.1 Å². The van der Waals surface area contributed by atoms with E-state index in [0.29, 0.717) is 16.5 Å². The number of nitrogens with one attached hydrogen (secondary N) is 1. The van der Waals surface area contributed by atoms with Crippen molar-refractivity contribution in [2.75, 3.05) is 19.0 Å². The SMILES string of the molecule is CCOC(=O)C(N)C(=O)Nc1cc(C)c(Cl)cc1OC. The van der Waals surface area contributed by atoms with E-state index in [9.17, 15) is 9.59 Å². The molecule has 1 unspecified atom stereocenters. The fourth-order valence-electron chi connectivity index (χ4n) is 1.48. The van der Waals surface area contributed by atoms with Crippen LogP contribution in [0, 0.1) is 6.92 Å². The summed E-state index contributed by atoms with van der Waals surface area (Å²) in [4.78, 5) is 23.3. The summed E-state index contributed by atoms with van der Waals surface area (Å²) in [6, 6.07) is 1.81. The minimum atomic E-state index is -1.39. The maximum atomic E-state index is 11.9. The van der Waals surface area contributed by atoms with Crippen LogP contribution >= 0.6 is 11.6 Å². The van der Waals surface area contributed by atoms with Gasteiger partial charge >= 0.3 is 5.97 Å². The smallest absolute Gasteiger partial charge is 0.332 e. The van der Waals surface area contributed by atoms with Crippen molar-refractivity contribution in [3.8, 4) is 5.75 Å². The predicted octanol–water partition coefficient (Wildman–Crippen LogP) is 1.49. The lowest BCUT2D eigenvalue weighted by molar-refractivity contribution is -0.146. The van der Waals surface area contributed by atoms with E-state index in [1.54, 1.807) is 26.0 Å². The summed E-state index contributed by atoms with van der Waals surface area (Å²) in [6.07, 6.45) is 0. The number of carbonyl (C=O) groups excluding carboxylic acids is 2. The zero-order valence-electron chi connectivity index (χ0n) is 11.5. The summed E-state index contributed by atoms with van der Waals surface area (Å²) in [5.74, 6) is -1.08. The van der Waals surface area contributed by atoms with Crippen LogP contribution in [0.4, 0.5) is 5.69 Å². The van der Waals surface area contributed by atoms with Gasteiger partial charge in [-0.05, 0) is 25.5 Å². The maximum absolute atomic E-state index is 11.9. The molecule has 20 heavy (non-hydrogen) atoms. The molecule has 1 rings (SSSR count). The minimum Gasteiger partial charge on any atom is -0.495 e. The zero-order valence-corrected chi connectivity index (χ0v) is 12.3. The fraction of sp³-hybridized carbons (Fsp3) is 0.385. The molecular weight excluding hydrogens is 284 g/mol. The molecule has 1 atom stereocenters. The van der Waals surface area contributed by atoms with Crippen molar-refractivity contribution in [3.63, 3.8) is 0 Å². The second-order valence-electron chi connectivity index (χ2n) is 4.02. The van der Waals surface area contributed by atoms with E-state index in [1.165, 1.54) is 7.11 Å². The second-order valence-corrected chi connectivity index (χ2v) is 4.43. The average molecular weight is 301 g/mol. The Morgan fingerprint density at radius 1 is 1.45 bits per heavy atom. The first-order chi connectivity index (χ1) is 9.40. The lowest BCUT2D eigenvalue weighted by atomic mass is 10.2. The van der Waals surface area contributed by atoms with Gasteiger partial charge in [-0.3, -0.25) is 4.79 Å². The van der Waals surface area contributed by atoms with E-state index in [0.717, 1.165) is 5.56 Å². The third-order valence-corrected chi connectivity index (χ3v) is 2.97. The molecule has 3 N–H and O–H groups in total. The Balaban J connectivity index is 2.90. The quantitative estimate of drug-likeness (QED) is 0.635.